The van der Waals surface area contributed by atoms with Crippen molar-refractivity contribution in [2.75, 3.05) is 0 Å². The molecule has 0 saturated heterocycles. The van der Waals surface area contributed by atoms with Crippen LogP contribution in [0, 0.1) is 13.8 Å². The normalized spacial score (nSPS) is 7.62. The molecule has 1 aromatic rings. The Bertz CT molecular complexity index is 196. The summed E-state index contributed by atoms with van der Waals surface area (Å²) in [5.74, 6) is 0. The summed E-state index contributed by atoms with van der Waals surface area (Å²) in [5.41, 5.74) is 2.74. The molecule has 0 heterocycles. The van der Waals surface area contributed by atoms with E-state index in [2.05, 4.69) is 41.3 Å². The maximum Gasteiger partial charge on any atom is -0.0271 e. The zero-order chi connectivity index (χ0) is 10.9. The molecule has 0 N–H and O–H groups in total. The van der Waals surface area contributed by atoms with E-state index in [1.54, 1.807) is 0 Å². The third-order valence-corrected chi connectivity index (χ3v) is 2.27. The molecule has 76 valence electrons. The highest BCUT2D eigenvalue weighted by Crippen LogP contribution is 2.04. The van der Waals surface area contributed by atoms with Crippen LogP contribution in [0.15, 0.2) is 18.2 Å². The first-order valence-corrected chi connectivity index (χ1v) is 5.61. The lowest BCUT2D eigenvalue weighted by atomic mass is 10.1. The molecular formula is C12H23P. The summed E-state index contributed by atoms with van der Waals surface area (Å²) in [5, 5.41) is 1.30. The molecule has 0 aliphatic rings. The van der Waals surface area contributed by atoms with E-state index in [1.165, 1.54) is 16.4 Å². The molecule has 1 heteroatoms. The van der Waals surface area contributed by atoms with Crippen LogP contribution in [0.3, 0.4) is 0 Å². The lowest BCUT2D eigenvalue weighted by molar-refractivity contribution is 1.37. The lowest BCUT2D eigenvalue weighted by Crippen LogP contribution is -1.97. The molecule has 0 aromatic heterocycles. The molecule has 1 unspecified atom stereocenters. The van der Waals surface area contributed by atoms with Gasteiger partial charge in [-0.15, -0.1) is 9.24 Å². The fourth-order valence-electron chi connectivity index (χ4n) is 0.774. The van der Waals surface area contributed by atoms with Crippen LogP contribution in [0.25, 0.3) is 0 Å². The van der Waals surface area contributed by atoms with Gasteiger partial charge in [-0.1, -0.05) is 45.9 Å². The summed E-state index contributed by atoms with van der Waals surface area (Å²) in [4.78, 5) is 0. The van der Waals surface area contributed by atoms with Gasteiger partial charge < -0.3 is 0 Å². The van der Waals surface area contributed by atoms with Gasteiger partial charge in [0.2, 0.25) is 0 Å². The summed E-state index contributed by atoms with van der Waals surface area (Å²) < 4.78 is 0. The van der Waals surface area contributed by atoms with Gasteiger partial charge in [-0.05, 0) is 30.3 Å². The predicted molar refractivity (Wildman–Crippen MR) is 68.0 cm³/mol. The molecule has 1 aromatic carbocycles. The van der Waals surface area contributed by atoms with Crippen molar-refractivity contribution in [3.63, 3.8) is 0 Å². The monoisotopic (exact) mass is 198 g/mol. The average Bonchev–Trinajstić information content (AvgIpc) is 2.20. The van der Waals surface area contributed by atoms with Crippen molar-refractivity contribution >= 4 is 14.5 Å². The average molecular weight is 198 g/mol. The van der Waals surface area contributed by atoms with Crippen LogP contribution in [0.5, 0.6) is 0 Å². The van der Waals surface area contributed by atoms with Crippen LogP contribution >= 0.6 is 9.24 Å². The number of hydrogen-bond donors (Lipinski definition) is 0. The number of aryl methyl sites for hydroxylation is 1. The van der Waals surface area contributed by atoms with Crippen LogP contribution in [0.4, 0.5) is 0 Å². The summed E-state index contributed by atoms with van der Waals surface area (Å²) >= 11 is 0. The highest BCUT2D eigenvalue weighted by Gasteiger charge is 1.92. The van der Waals surface area contributed by atoms with Crippen LogP contribution in [0.2, 0.25) is 0 Å². The molecule has 0 aliphatic carbocycles. The van der Waals surface area contributed by atoms with Crippen LogP contribution in [-0.4, -0.2) is 0 Å². The second-order valence-corrected chi connectivity index (χ2v) is 2.91. The number of hydrogen-bond acceptors (Lipinski definition) is 0. The first kappa shape index (κ1) is 15.1. The molecule has 0 radical (unpaired) electrons. The Hall–Kier alpha value is -0.350. The van der Waals surface area contributed by atoms with Gasteiger partial charge in [-0.25, -0.2) is 0 Å². The van der Waals surface area contributed by atoms with Crippen molar-refractivity contribution in [3.05, 3.63) is 29.3 Å². The Morgan fingerprint density at radius 1 is 0.923 bits per heavy atom. The number of benzene rings is 1. The van der Waals surface area contributed by atoms with Gasteiger partial charge in [-0.2, -0.15) is 0 Å². The van der Waals surface area contributed by atoms with Crippen molar-refractivity contribution < 1.29 is 0 Å². The molecule has 0 nitrogen and oxygen atoms in total. The largest absolute Gasteiger partial charge is 0.105 e. The van der Waals surface area contributed by atoms with Crippen LogP contribution in [-0.2, 0) is 0 Å². The van der Waals surface area contributed by atoms with E-state index in [9.17, 15) is 0 Å². The van der Waals surface area contributed by atoms with Crippen molar-refractivity contribution in [1.29, 1.82) is 0 Å². The molecule has 0 aliphatic heterocycles. The quantitative estimate of drug-likeness (QED) is 0.555. The molecule has 0 spiro atoms. The standard InChI is InChI=1S/C8H11P.2C2H6/c1-6-4-3-5-8(9)7(6)2;2*1-2/h3-5H,9H2,1-2H3;2*1-2H3. The van der Waals surface area contributed by atoms with Crippen molar-refractivity contribution in [2.45, 2.75) is 41.5 Å². The van der Waals surface area contributed by atoms with E-state index in [0.717, 1.165) is 0 Å². The lowest BCUT2D eigenvalue weighted by Gasteiger charge is -2.00. The third kappa shape index (κ3) is 5.82. The fourth-order valence-corrected chi connectivity index (χ4v) is 1.11. The SMILES string of the molecule is CC.CC.Cc1cccc(P)c1C. The van der Waals surface area contributed by atoms with Gasteiger partial charge in [-0.3, -0.25) is 0 Å². The molecule has 1 rings (SSSR count). The van der Waals surface area contributed by atoms with E-state index in [1.807, 2.05) is 27.7 Å². The highest BCUT2D eigenvalue weighted by atomic mass is 31.0. The summed E-state index contributed by atoms with van der Waals surface area (Å²) in [6.45, 7) is 12.3. The van der Waals surface area contributed by atoms with E-state index in [4.69, 9.17) is 0 Å². The summed E-state index contributed by atoms with van der Waals surface area (Å²) in [7, 11) is 2.72. The zero-order valence-electron chi connectivity index (χ0n) is 9.81. The smallest absolute Gasteiger partial charge is 0.0271 e. The van der Waals surface area contributed by atoms with Gasteiger partial charge >= 0.3 is 0 Å². The van der Waals surface area contributed by atoms with E-state index >= 15 is 0 Å². The Labute approximate surface area is 86.0 Å². The molecule has 0 saturated carbocycles. The van der Waals surface area contributed by atoms with Gasteiger partial charge in [0.25, 0.3) is 0 Å². The Balaban J connectivity index is 0. The van der Waals surface area contributed by atoms with Gasteiger partial charge in [0, 0.05) is 0 Å². The first-order valence-electron chi connectivity index (χ1n) is 5.03. The van der Waals surface area contributed by atoms with E-state index in [0.29, 0.717) is 0 Å². The van der Waals surface area contributed by atoms with Gasteiger partial charge in [0.1, 0.15) is 0 Å². The molecule has 0 fully saturated rings. The third-order valence-electron chi connectivity index (χ3n) is 1.65. The van der Waals surface area contributed by atoms with Crippen molar-refractivity contribution in [2.24, 2.45) is 0 Å². The van der Waals surface area contributed by atoms with E-state index in [-0.39, 0.29) is 0 Å². The zero-order valence-corrected chi connectivity index (χ0v) is 11.0. The van der Waals surface area contributed by atoms with Crippen LogP contribution in [0.1, 0.15) is 38.8 Å². The minimum Gasteiger partial charge on any atom is -0.105 e. The summed E-state index contributed by atoms with van der Waals surface area (Å²) in [6, 6.07) is 6.31. The Kier molecular flexibility index (Phi) is 11.3. The summed E-state index contributed by atoms with van der Waals surface area (Å²) in [6.07, 6.45) is 0. The molecule has 0 amide bonds. The Morgan fingerprint density at radius 2 is 1.38 bits per heavy atom. The maximum absolute atomic E-state index is 2.72. The van der Waals surface area contributed by atoms with E-state index < -0.39 is 0 Å². The van der Waals surface area contributed by atoms with Gasteiger partial charge in [0.05, 0.1) is 0 Å². The minimum atomic E-state index is 1.30. The van der Waals surface area contributed by atoms with Crippen LogP contribution < -0.4 is 5.30 Å². The first-order chi connectivity index (χ1) is 6.22. The molecule has 0 bridgehead atoms. The maximum atomic E-state index is 2.72. The second-order valence-electron chi connectivity index (χ2n) is 2.29. The topological polar surface area (TPSA) is 0 Å². The highest BCUT2D eigenvalue weighted by molar-refractivity contribution is 7.27. The second kappa shape index (κ2) is 9.74. The van der Waals surface area contributed by atoms with Gasteiger partial charge in [0.15, 0.2) is 0 Å². The molecular weight excluding hydrogens is 175 g/mol. The number of rotatable bonds is 0. The fraction of sp³-hybridized carbons (Fsp3) is 0.500. The minimum absolute atomic E-state index is 1.30. The molecule has 1 atom stereocenters. The molecule has 13 heavy (non-hydrogen) atoms. The van der Waals surface area contributed by atoms with Crippen molar-refractivity contribution in [1.82, 2.24) is 0 Å². The predicted octanol–water partition coefficient (Wildman–Crippen LogP) is 3.86. The Morgan fingerprint density at radius 3 is 1.69 bits per heavy atom. The van der Waals surface area contributed by atoms with Crippen molar-refractivity contribution in [3.8, 4) is 0 Å².